The molecule has 4 nitrogen and oxygen atoms in total. The molecule has 2 rings (SSSR count). The van der Waals surface area contributed by atoms with Gasteiger partial charge in [-0.1, -0.05) is 0 Å². The minimum absolute atomic E-state index is 0.0932. The van der Waals surface area contributed by atoms with E-state index in [4.69, 9.17) is 10.00 Å². The predicted octanol–water partition coefficient (Wildman–Crippen LogP) is 1.50. The molecule has 1 heterocycles. The van der Waals surface area contributed by atoms with E-state index in [0.29, 0.717) is 6.61 Å². The van der Waals surface area contributed by atoms with Gasteiger partial charge in [0.25, 0.3) is 0 Å². The molecule has 82 valence electrons. The fraction of sp³-hybridized carbons (Fsp3) is 0.333. The van der Waals surface area contributed by atoms with Crippen molar-refractivity contribution in [3.63, 3.8) is 0 Å². The zero-order valence-corrected chi connectivity index (χ0v) is 9.06. The third kappa shape index (κ3) is 1.84. The molecular formula is C12H12N2O2. The molecule has 0 atom stereocenters. The molecule has 0 N–H and O–H groups in total. The standard InChI is InChI=1S/C12H12N2O2/c1-14(12(15)4-6-13)10-2-3-11-9(8-10)5-7-16-11/h2-3,8H,4-5,7H2,1H3. The first-order valence-corrected chi connectivity index (χ1v) is 5.11. The Balaban J connectivity index is 2.22. The monoisotopic (exact) mass is 216 g/mol. The highest BCUT2D eigenvalue weighted by Gasteiger charge is 2.16. The highest BCUT2D eigenvalue weighted by Crippen LogP contribution is 2.29. The van der Waals surface area contributed by atoms with Crippen molar-refractivity contribution in [1.82, 2.24) is 0 Å². The largest absolute Gasteiger partial charge is 0.493 e. The summed E-state index contributed by atoms with van der Waals surface area (Å²) >= 11 is 0. The van der Waals surface area contributed by atoms with E-state index < -0.39 is 0 Å². The average Bonchev–Trinajstić information content (AvgIpc) is 2.75. The third-order valence-corrected chi connectivity index (χ3v) is 2.66. The first-order chi connectivity index (χ1) is 7.72. The van der Waals surface area contributed by atoms with Crippen LogP contribution in [0.25, 0.3) is 0 Å². The zero-order chi connectivity index (χ0) is 11.5. The fourth-order valence-corrected chi connectivity index (χ4v) is 1.71. The first kappa shape index (κ1) is 10.5. The van der Waals surface area contributed by atoms with Crippen LogP contribution in [0.2, 0.25) is 0 Å². The van der Waals surface area contributed by atoms with E-state index >= 15 is 0 Å². The molecule has 16 heavy (non-hydrogen) atoms. The van der Waals surface area contributed by atoms with Gasteiger partial charge in [0.15, 0.2) is 0 Å². The molecule has 0 aromatic heterocycles. The molecule has 0 saturated heterocycles. The predicted molar refractivity (Wildman–Crippen MR) is 59.3 cm³/mol. The van der Waals surface area contributed by atoms with Crippen molar-refractivity contribution in [1.29, 1.82) is 5.26 Å². The summed E-state index contributed by atoms with van der Waals surface area (Å²) in [4.78, 5) is 13.0. The Hall–Kier alpha value is -2.02. The maximum atomic E-state index is 11.5. The molecule has 1 aliphatic rings. The van der Waals surface area contributed by atoms with Crippen LogP contribution in [0.15, 0.2) is 18.2 Å². The van der Waals surface area contributed by atoms with Crippen molar-refractivity contribution >= 4 is 11.6 Å². The van der Waals surface area contributed by atoms with E-state index in [1.54, 1.807) is 7.05 Å². The number of rotatable bonds is 2. The van der Waals surface area contributed by atoms with Crippen LogP contribution < -0.4 is 9.64 Å². The van der Waals surface area contributed by atoms with Crippen LogP contribution in [-0.4, -0.2) is 19.6 Å². The molecule has 1 aliphatic heterocycles. The minimum atomic E-state index is -0.193. The summed E-state index contributed by atoms with van der Waals surface area (Å²) in [6.45, 7) is 0.703. The molecule has 0 spiro atoms. The average molecular weight is 216 g/mol. The van der Waals surface area contributed by atoms with Gasteiger partial charge in [0.05, 0.1) is 12.7 Å². The Morgan fingerprint density at radius 2 is 2.44 bits per heavy atom. The SMILES string of the molecule is CN(C(=O)CC#N)c1ccc2c(c1)CCO2. The number of fused-ring (bicyclic) bond motifs is 1. The highest BCUT2D eigenvalue weighted by molar-refractivity contribution is 5.94. The van der Waals surface area contributed by atoms with Crippen LogP contribution in [0, 0.1) is 11.3 Å². The molecule has 4 heteroatoms. The number of anilines is 1. The van der Waals surface area contributed by atoms with Crippen molar-refractivity contribution in [2.24, 2.45) is 0 Å². The van der Waals surface area contributed by atoms with E-state index in [2.05, 4.69) is 0 Å². The zero-order valence-electron chi connectivity index (χ0n) is 9.06. The number of ether oxygens (including phenoxy) is 1. The van der Waals surface area contributed by atoms with Gasteiger partial charge >= 0.3 is 0 Å². The lowest BCUT2D eigenvalue weighted by Gasteiger charge is -2.16. The van der Waals surface area contributed by atoms with Crippen LogP contribution in [0.1, 0.15) is 12.0 Å². The summed E-state index contributed by atoms with van der Waals surface area (Å²) in [5.74, 6) is 0.700. The van der Waals surface area contributed by atoms with Crippen LogP contribution in [0.4, 0.5) is 5.69 Å². The van der Waals surface area contributed by atoms with Crippen LogP contribution in [-0.2, 0) is 11.2 Å². The molecule has 0 saturated carbocycles. The molecule has 1 aromatic rings. The lowest BCUT2D eigenvalue weighted by Crippen LogP contribution is -2.25. The van der Waals surface area contributed by atoms with E-state index in [0.717, 1.165) is 23.4 Å². The van der Waals surface area contributed by atoms with Crippen molar-refractivity contribution < 1.29 is 9.53 Å². The molecule has 0 radical (unpaired) electrons. The third-order valence-electron chi connectivity index (χ3n) is 2.66. The van der Waals surface area contributed by atoms with Crippen molar-refractivity contribution in [3.05, 3.63) is 23.8 Å². The molecule has 0 bridgehead atoms. The van der Waals surface area contributed by atoms with Crippen molar-refractivity contribution in [2.75, 3.05) is 18.6 Å². The molecule has 0 aliphatic carbocycles. The number of carbonyl (C=O) groups excluding carboxylic acids is 1. The van der Waals surface area contributed by atoms with Crippen LogP contribution in [0.3, 0.4) is 0 Å². The summed E-state index contributed by atoms with van der Waals surface area (Å²) in [7, 11) is 1.68. The summed E-state index contributed by atoms with van der Waals surface area (Å²) < 4.78 is 5.39. The summed E-state index contributed by atoms with van der Waals surface area (Å²) in [6, 6.07) is 7.50. The quantitative estimate of drug-likeness (QED) is 0.752. The normalized spacial score (nSPS) is 12.5. The molecule has 0 unspecified atom stereocenters. The van der Waals surface area contributed by atoms with Crippen molar-refractivity contribution in [2.45, 2.75) is 12.8 Å². The highest BCUT2D eigenvalue weighted by atomic mass is 16.5. The molecule has 1 aromatic carbocycles. The van der Waals surface area contributed by atoms with E-state index in [9.17, 15) is 4.79 Å². The van der Waals surface area contributed by atoms with Gasteiger partial charge in [-0.05, 0) is 23.8 Å². The van der Waals surface area contributed by atoms with Gasteiger partial charge < -0.3 is 9.64 Å². The lowest BCUT2D eigenvalue weighted by molar-refractivity contribution is -0.117. The van der Waals surface area contributed by atoms with Gasteiger partial charge in [-0.15, -0.1) is 0 Å². The minimum Gasteiger partial charge on any atom is -0.493 e. The van der Waals surface area contributed by atoms with Gasteiger partial charge in [-0.2, -0.15) is 5.26 Å². The van der Waals surface area contributed by atoms with E-state index in [-0.39, 0.29) is 12.3 Å². The molecule has 1 amide bonds. The van der Waals surface area contributed by atoms with Gasteiger partial charge in [-0.25, -0.2) is 0 Å². The Labute approximate surface area is 94.0 Å². The second-order valence-corrected chi connectivity index (χ2v) is 3.68. The maximum Gasteiger partial charge on any atom is 0.240 e. The van der Waals surface area contributed by atoms with Gasteiger partial charge in [-0.3, -0.25) is 4.79 Å². The lowest BCUT2D eigenvalue weighted by atomic mass is 10.1. The van der Waals surface area contributed by atoms with Crippen molar-refractivity contribution in [3.8, 4) is 11.8 Å². The number of nitrogens with zero attached hydrogens (tertiary/aromatic N) is 2. The Morgan fingerprint density at radius 3 is 3.19 bits per heavy atom. The number of benzene rings is 1. The van der Waals surface area contributed by atoms with Gasteiger partial charge in [0, 0.05) is 19.2 Å². The second-order valence-electron chi connectivity index (χ2n) is 3.68. The fourth-order valence-electron chi connectivity index (χ4n) is 1.71. The molecule has 0 fully saturated rings. The van der Waals surface area contributed by atoms with Gasteiger partial charge in [0.1, 0.15) is 12.2 Å². The number of amides is 1. The van der Waals surface area contributed by atoms with Gasteiger partial charge in [0.2, 0.25) is 5.91 Å². The first-order valence-electron chi connectivity index (χ1n) is 5.11. The van der Waals surface area contributed by atoms with E-state index in [1.165, 1.54) is 4.90 Å². The Kier molecular flexibility index (Phi) is 2.78. The summed E-state index contributed by atoms with van der Waals surface area (Å²) in [6.07, 6.45) is 0.785. The topological polar surface area (TPSA) is 53.3 Å². The summed E-state index contributed by atoms with van der Waals surface area (Å²) in [5.41, 5.74) is 1.93. The number of hydrogen-bond acceptors (Lipinski definition) is 3. The number of carbonyl (C=O) groups is 1. The Morgan fingerprint density at radius 1 is 1.62 bits per heavy atom. The Bertz CT molecular complexity index is 463. The number of nitriles is 1. The van der Waals surface area contributed by atoms with Crippen LogP contribution >= 0.6 is 0 Å². The van der Waals surface area contributed by atoms with Crippen LogP contribution in [0.5, 0.6) is 5.75 Å². The molecular weight excluding hydrogens is 204 g/mol. The second kappa shape index (κ2) is 4.23. The summed E-state index contributed by atoms with van der Waals surface area (Å²) in [5, 5.41) is 8.47. The smallest absolute Gasteiger partial charge is 0.240 e. The maximum absolute atomic E-state index is 11.5. The van der Waals surface area contributed by atoms with E-state index in [1.807, 2.05) is 24.3 Å². The number of hydrogen-bond donors (Lipinski definition) is 0.